The Hall–Kier alpha value is -0.690. The molecule has 88 valence electrons. The highest BCUT2D eigenvalue weighted by Gasteiger charge is 2.12. The number of benzene rings is 1. The van der Waals surface area contributed by atoms with Crippen LogP contribution in [0, 0.1) is 9.39 Å². The maximum Gasteiger partial charge on any atom is 0.252 e. The average molecular weight is 337 g/mol. The van der Waals surface area contributed by atoms with E-state index in [1.165, 1.54) is 18.2 Å². The van der Waals surface area contributed by atoms with Gasteiger partial charge in [0.25, 0.3) is 5.91 Å². The van der Waals surface area contributed by atoms with Crippen LogP contribution in [-0.4, -0.2) is 23.7 Å². The monoisotopic (exact) mass is 337 g/mol. The minimum absolute atomic E-state index is 0.0297. The average Bonchev–Trinajstić information content (AvgIpc) is 2.17. The van der Waals surface area contributed by atoms with E-state index in [-0.39, 0.29) is 24.4 Å². The van der Waals surface area contributed by atoms with Gasteiger partial charge in [-0.15, -0.1) is 0 Å². The van der Waals surface area contributed by atoms with E-state index >= 15 is 0 Å². The lowest BCUT2D eigenvalue weighted by Gasteiger charge is -2.13. The van der Waals surface area contributed by atoms with Crippen LogP contribution in [0.15, 0.2) is 18.2 Å². The highest BCUT2D eigenvalue weighted by molar-refractivity contribution is 14.1. The molecule has 0 heterocycles. The maximum absolute atomic E-state index is 12.8. The number of amides is 1. The second-order valence-corrected chi connectivity index (χ2v) is 4.67. The Balaban J connectivity index is 2.73. The molecule has 1 aromatic rings. The molecular formula is C11H13FINO2. The summed E-state index contributed by atoms with van der Waals surface area (Å²) in [7, 11) is 0. The van der Waals surface area contributed by atoms with E-state index in [9.17, 15) is 9.18 Å². The van der Waals surface area contributed by atoms with Gasteiger partial charge in [0.1, 0.15) is 5.82 Å². The van der Waals surface area contributed by atoms with Crippen LogP contribution in [-0.2, 0) is 0 Å². The van der Waals surface area contributed by atoms with Gasteiger partial charge in [-0.3, -0.25) is 4.79 Å². The van der Waals surface area contributed by atoms with Crippen LogP contribution in [0.1, 0.15) is 23.7 Å². The lowest BCUT2D eigenvalue weighted by molar-refractivity contribution is 0.0933. The van der Waals surface area contributed by atoms with Crippen molar-refractivity contribution in [1.82, 2.24) is 5.32 Å². The Morgan fingerprint density at radius 1 is 1.62 bits per heavy atom. The number of halogens is 2. The molecule has 5 heteroatoms. The number of hydrogen-bond acceptors (Lipinski definition) is 2. The van der Waals surface area contributed by atoms with Crippen molar-refractivity contribution in [1.29, 1.82) is 0 Å². The van der Waals surface area contributed by atoms with Crippen molar-refractivity contribution in [3.05, 3.63) is 33.1 Å². The van der Waals surface area contributed by atoms with Gasteiger partial charge in [0.05, 0.1) is 5.56 Å². The topological polar surface area (TPSA) is 49.3 Å². The van der Waals surface area contributed by atoms with Crippen LogP contribution in [0.4, 0.5) is 4.39 Å². The quantitative estimate of drug-likeness (QED) is 0.825. The normalized spacial score (nSPS) is 12.2. The van der Waals surface area contributed by atoms with Crippen molar-refractivity contribution < 1.29 is 14.3 Å². The Bertz CT molecular complexity index is 384. The summed E-state index contributed by atoms with van der Waals surface area (Å²) >= 11 is 1.92. The van der Waals surface area contributed by atoms with E-state index in [1.54, 1.807) is 0 Å². The molecule has 16 heavy (non-hydrogen) atoms. The first-order valence-electron chi connectivity index (χ1n) is 4.91. The zero-order valence-corrected chi connectivity index (χ0v) is 11.0. The van der Waals surface area contributed by atoms with Crippen molar-refractivity contribution in [3.63, 3.8) is 0 Å². The number of aliphatic hydroxyl groups is 1. The maximum atomic E-state index is 12.8. The van der Waals surface area contributed by atoms with E-state index in [0.717, 1.165) is 0 Å². The van der Waals surface area contributed by atoms with Gasteiger partial charge in [-0.05, 0) is 54.1 Å². The third-order valence-corrected chi connectivity index (χ3v) is 3.01. The van der Waals surface area contributed by atoms with Crippen LogP contribution in [0.5, 0.6) is 0 Å². The van der Waals surface area contributed by atoms with Gasteiger partial charge >= 0.3 is 0 Å². The molecule has 1 aromatic carbocycles. The summed E-state index contributed by atoms with van der Waals surface area (Å²) in [5.74, 6) is -0.602. The second kappa shape index (κ2) is 6.15. The molecule has 1 amide bonds. The predicted molar refractivity (Wildman–Crippen MR) is 67.7 cm³/mol. The number of rotatable bonds is 4. The van der Waals surface area contributed by atoms with E-state index < -0.39 is 0 Å². The molecule has 0 aliphatic carbocycles. The second-order valence-electron chi connectivity index (χ2n) is 3.51. The molecular weight excluding hydrogens is 324 g/mol. The standard InChI is InChI=1S/C11H13FINO2/c1-7(4-5-15)14-11(16)9-3-2-8(12)6-10(9)13/h2-3,6-7,15H,4-5H2,1H3,(H,14,16). The Morgan fingerprint density at radius 2 is 2.31 bits per heavy atom. The first kappa shape index (κ1) is 13.4. The molecule has 0 aliphatic rings. The molecule has 0 spiro atoms. The summed E-state index contributed by atoms with van der Waals surface area (Å²) in [6.45, 7) is 1.84. The van der Waals surface area contributed by atoms with Gasteiger partial charge in [0.15, 0.2) is 0 Å². The van der Waals surface area contributed by atoms with Crippen molar-refractivity contribution in [3.8, 4) is 0 Å². The third-order valence-electron chi connectivity index (χ3n) is 2.12. The smallest absolute Gasteiger partial charge is 0.252 e. The van der Waals surface area contributed by atoms with Gasteiger partial charge in [-0.2, -0.15) is 0 Å². The third kappa shape index (κ3) is 3.71. The molecule has 0 bridgehead atoms. The molecule has 2 N–H and O–H groups in total. The first-order valence-corrected chi connectivity index (χ1v) is 5.99. The van der Waals surface area contributed by atoms with E-state index in [1.807, 2.05) is 29.5 Å². The number of carbonyl (C=O) groups is 1. The fourth-order valence-corrected chi connectivity index (χ4v) is 1.96. The molecule has 0 aliphatic heterocycles. The lowest BCUT2D eigenvalue weighted by Crippen LogP contribution is -2.33. The summed E-state index contributed by atoms with van der Waals surface area (Å²) < 4.78 is 13.4. The minimum Gasteiger partial charge on any atom is -0.396 e. The van der Waals surface area contributed by atoms with E-state index in [0.29, 0.717) is 15.6 Å². The zero-order chi connectivity index (χ0) is 12.1. The van der Waals surface area contributed by atoms with Gasteiger partial charge in [0, 0.05) is 16.2 Å². The fraction of sp³-hybridized carbons (Fsp3) is 0.364. The Labute approximate surface area is 107 Å². The molecule has 0 aromatic heterocycles. The van der Waals surface area contributed by atoms with E-state index in [2.05, 4.69) is 5.32 Å². The van der Waals surface area contributed by atoms with E-state index in [4.69, 9.17) is 5.11 Å². The molecule has 3 nitrogen and oxygen atoms in total. The van der Waals surface area contributed by atoms with Crippen molar-refractivity contribution in [2.24, 2.45) is 0 Å². The summed E-state index contributed by atoms with van der Waals surface area (Å²) in [4.78, 5) is 11.7. The van der Waals surface area contributed by atoms with Gasteiger partial charge in [-0.1, -0.05) is 0 Å². The number of nitrogens with one attached hydrogen (secondary N) is 1. The highest BCUT2D eigenvalue weighted by atomic mass is 127. The molecule has 0 radical (unpaired) electrons. The van der Waals surface area contributed by atoms with Crippen LogP contribution in [0.25, 0.3) is 0 Å². The summed E-state index contributed by atoms with van der Waals surface area (Å²) in [5.41, 5.74) is 0.451. The minimum atomic E-state index is -0.357. The van der Waals surface area contributed by atoms with Gasteiger partial charge < -0.3 is 10.4 Å². The molecule has 0 fully saturated rings. The summed E-state index contributed by atoms with van der Waals surface area (Å²) in [6.07, 6.45) is 0.503. The Kier molecular flexibility index (Phi) is 5.14. The predicted octanol–water partition coefficient (Wildman–Crippen LogP) is 1.93. The van der Waals surface area contributed by atoms with Crippen LogP contribution in [0.3, 0.4) is 0 Å². The largest absolute Gasteiger partial charge is 0.396 e. The molecule has 0 saturated carbocycles. The highest BCUT2D eigenvalue weighted by Crippen LogP contribution is 2.14. The molecule has 1 atom stereocenters. The molecule has 1 rings (SSSR count). The number of aliphatic hydroxyl groups excluding tert-OH is 1. The number of carbonyl (C=O) groups excluding carboxylic acids is 1. The van der Waals surface area contributed by atoms with Crippen LogP contribution >= 0.6 is 22.6 Å². The lowest BCUT2D eigenvalue weighted by atomic mass is 10.2. The van der Waals surface area contributed by atoms with Crippen molar-refractivity contribution in [2.75, 3.05) is 6.61 Å². The Morgan fingerprint density at radius 3 is 2.88 bits per heavy atom. The molecule has 1 unspecified atom stereocenters. The zero-order valence-electron chi connectivity index (χ0n) is 8.84. The van der Waals surface area contributed by atoms with Crippen molar-refractivity contribution in [2.45, 2.75) is 19.4 Å². The van der Waals surface area contributed by atoms with Gasteiger partial charge in [-0.25, -0.2) is 4.39 Å². The summed E-state index contributed by atoms with van der Waals surface area (Å²) in [5, 5.41) is 11.4. The van der Waals surface area contributed by atoms with Crippen LogP contribution in [0.2, 0.25) is 0 Å². The SMILES string of the molecule is CC(CCO)NC(=O)c1ccc(F)cc1I. The van der Waals surface area contributed by atoms with Gasteiger partial charge in [0.2, 0.25) is 0 Å². The summed E-state index contributed by atoms with van der Waals surface area (Å²) in [6, 6.07) is 3.93. The molecule has 0 saturated heterocycles. The fourth-order valence-electron chi connectivity index (χ4n) is 1.24. The van der Waals surface area contributed by atoms with Crippen LogP contribution < -0.4 is 5.32 Å². The first-order chi connectivity index (χ1) is 7.54. The van der Waals surface area contributed by atoms with Crippen molar-refractivity contribution >= 4 is 28.5 Å². The number of hydrogen-bond donors (Lipinski definition) is 2.